The molecule has 0 bridgehead atoms. The van der Waals surface area contributed by atoms with Crippen molar-refractivity contribution in [3.8, 4) is 0 Å². The Balaban J connectivity index is 1.78. The molecule has 0 unspecified atom stereocenters. The van der Waals surface area contributed by atoms with E-state index in [1.807, 2.05) is 0 Å². The number of thioether (sulfide) groups is 1. The second-order valence-electron chi connectivity index (χ2n) is 6.17. The summed E-state index contributed by atoms with van der Waals surface area (Å²) in [4.78, 5) is 29.5. The van der Waals surface area contributed by atoms with E-state index in [0.29, 0.717) is 26.8 Å². The lowest BCUT2D eigenvalue weighted by Crippen LogP contribution is -2.23. The smallest absolute Gasteiger partial charge is 0.262 e. The van der Waals surface area contributed by atoms with E-state index in [0.717, 1.165) is 11.8 Å². The minimum Gasteiger partial charge on any atom is -0.325 e. The fourth-order valence-corrected chi connectivity index (χ4v) is 4.12. The van der Waals surface area contributed by atoms with Crippen LogP contribution in [0.15, 0.2) is 70.0 Å². The van der Waals surface area contributed by atoms with Crippen molar-refractivity contribution < 1.29 is 13.2 Å². The normalized spacial score (nSPS) is 11.4. The summed E-state index contributed by atoms with van der Waals surface area (Å²) in [5.74, 6) is -0.362. The summed E-state index contributed by atoms with van der Waals surface area (Å²) in [5.41, 5.74) is 0.618. The summed E-state index contributed by atoms with van der Waals surface area (Å²) in [6.07, 6.45) is 1.57. The summed E-state index contributed by atoms with van der Waals surface area (Å²) < 4.78 is 24.0. The number of carbonyl (C=O) groups excluding carboxylic acids is 1. The molecule has 2 aromatic carbocycles. The first-order valence-electron chi connectivity index (χ1n) is 8.55. The molecule has 0 aliphatic carbocycles. The third-order valence-corrected chi connectivity index (χ3v) is 6.13. The van der Waals surface area contributed by atoms with E-state index in [9.17, 15) is 18.0 Å². The highest BCUT2D eigenvalue weighted by atomic mass is 35.5. The zero-order valence-electron chi connectivity index (χ0n) is 15.5. The lowest BCUT2D eigenvalue weighted by molar-refractivity contribution is -0.113. The maximum atomic E-state index is 12.8. The van der Waals surface area contributed by atoms with E-state index >= 15 is 0 Å². The number of amides is 1. The molecule has 1 amide bonds. The molecule has 0 fully saturated rings. The maximum Gasteiger partial charge on any atom is 0.262 e. The van der Waals surface area contributed by atoms with Crippen molar-refractivity contribution in [2.24, 2.45) is 5.14 Å². The van der Waals surface area contributed by atoms with E-state index in [1.54, 1.807) is 24.3 Å². The van der Waals surface area contributed by atoms with Gasteiger partial charge in [-0.2, -0.15) is 0 Å². The van der Waals surface area contributed by atoms with Gasteiger partial charge in [0, 0.05) is 17.3 Å². The van der Waals surface area contributed by atoms with Gasteiger partial charge >= 0.3 is 0 Å². The standard InChI is InChI=1S/C19H17ClN4O4S2/c1-2-9-24-18(26)15-10-12(20)3-8-16(15)23-19(24)29-11-17(25)22-13-4-6-14(7-5-13)30(21,27)28/h2-8,10H,1,9,11H2,(H,22,25)(H2,21,27,28). The van der Waals surface area contributed by atoms with Crippen LogP contribution in [0.1, 0.15) is 0 Å². The number of hydrogen-bond donors (Lipinski definition) is 2. The fourth-order valence-electron chi connectivity index (χ4n) is 2.63. The number of rotatable bonds is 7. The first-order chi connectivity index (χ1) is 14.2. The molecule has 3 aromatic rings. The summed E-state index contributed by atoms with van der Waals surface area (Å²) in [5, 5.41) is 8.89. The van der Waals surface area contributed by atoms with Crippen LogP contribution in [0, 0.1) is 0 Å². The van der Waals surface area contributed by atoms with Gasteiger partial charge in [-0.05, 0) is 42.5 Å². The molecule has 0 saturated carbocycles. The van der Waals surface area contributed by atoms with Crippen molar-refractivity contribution in [3.63, 3.8) is 0 Å². The van der Waals surface area contributed by atoms with Crippen molar-refractivity contribution in [2.45, 2.75) is 16.6 Å². The Kier molecular flexibility index (Phi) is 6.61. The number of fused-ring (bicyclic) bond motifs is 1. The number of halogens is 1. The van der Waals surface area contributed by atoms with Gasteiger partial charge in [0.2, 0.25) is 15.9 Å². The van der Waals surface area contributed by atoms with Crippen LogP contribution in [0.3, 0.4) is 0 Å². The Hall–Kier alpha value is -2.66. The number of allylic oxidation sites excluding steroid dienone is 1. The number of nitrogens with two attached hydrogens (primary N) is 1. The number of carbonyl (C=O) groups is 1. The highest BCUT2D eigenvalue weighted by Crippen LogP contribution is 2.21. The molecule has 1 aromatic heterocycles. The average Bonchev–Trinajstić information content (AvgIpc) is 2.69. The molecule has 11 heteroatoms. The predicted molar refractivity (Wildman–Crippen MR) is 118 cm³/mol. The molecule has 1 heterocycles. The number of sulfonamides is 1. The number of nitrogens with zero attached hydrogens (tertiary/aromatic N) is 2. The largest absolute Gasteiger partial charge is 0.325 e. The van der Waals surface area contributed by atoms with Gasteiger partial charge in [0.05, 0.1) is 21.6 Å². The van der Waals surface area contributed by atoms with Crippen molar-refractivity contribution in [1.82, 2.24) is 9.55 Å². The Morgan fingerprint density at radius 2 is 1.97 bits per heavy atom. The van der Waals surface area contributed by atoms with Gasteiger partial charge in [-0.15, -0.1) is 6.58 Å². The van der Waals surface area contributed by atoms with Crippen LogP contribution in [-0.2, 0) is 21.4 Å². The SMILES string of the molecule is C=CCn1c(SCC(=O)Nc2ccc(S(N)(=O)=O)cc2)nc2ccc(Cl)cc2c1=O. The monoisotopic (exact) mass is 464 g/mol. The van der Waals surface area contributed by atoms with Gasteiger partial charge in [-0.25, -0.2) is 18.5 Å². The number of hydrogen-bond acceptors (Lipinski definition) is 6. The number of benzene rings is 2. The minimum atomic E-state index is -3.80. The molecule has 0 aliphatic rings. The van der Waals surface area contributed by atoms with Crippen molar-refractivity contribution in [2.75, 3.05) is 11.1 Å². The quantitative estimate of drug-likeness (QED) is 0.314. The zero-order valence-corrected chi connectivity index (χ0v) is 17.9. The fraction of sp³-hybridized carbons (Fsp3) is 0.105. The van der Waals surface area contributed by atoms with E-state index in [-0.39, 0.29) is 28.7 Å². The number of primary sulfonamides is 1. The van der Waals surface area contributed by atoms with Gasteiger partial charge < -0.3 is 5.32 Å². The first-order valence-corrected chi connectivity index (χ1v) is 11.5. The van der Waals surface area contributed by atoms with Crippen LogP contribution >= 0.6 is 23.4 Å². The van der Waals surface area contributed by atoms with Crippen LogP contribution < -0.4 is 16.0 Å². The molecule has 30 heavy (non-hydrogen) atoms. The lowest BCUT2D eigenvalue weighted by atomic mass is 10.2. The van der Waals surface area contributed by atoms with E-state index in [4.69, 9.17) is 16.7 Å². The Morgan fingerprint density at radius 3 is 2.60 bits per heavy atom. The van der Waals surface area contributed by atoms with Crippen LogP contribution in [-0.4, -0.2) is 29.6 Å². The van der Waals surface area contributed by atoms with Gasteiger partial charge in [-0.3, -0.25) is 14.2 Å². The van der Waals surface area contributed by atoms with Gasteiger partial charge in [0.15, 0.2) is 5.16 Å². The third kappa shape index (κ3) is 5.08. The molecule has 0 aliphatic heterocycles. The molecular formula is C19H17ClN4O4S2. The summed E-state index contributed by atoms with van der Waals surface area (Å²) >= 11 is 7.08. The average molecular weight is 465 g/mol. The molecule has 0 saturated heterocycles. The second kappa shape index (κ2) is 9.00. The van der Waals surface area contributed by atoms with E-state index < -0.39 is 10.0 Å². The molecule has 3 rings (SSSR count). The molecule has 0 radical (unpaired) electrons. The molecular weight excluding hydrogens is 448 g/mol. The van der Waals surface area contributed by atoms with Crippen molar-refractivity contribution in [1.29, 1.82) is 0 Å². The highest BCUT2D eigenvalue weighted by Gasteiger charge is 2.14. The van der Waals surface area contributed by atoms with Gasteiger partial charge in [-0.1, -0.05) is 29.4 Å². The number of aromatic nitrogens is 2. The predicted octanol–water partition coefficient (Wildman–Crippen LogP) is 2.61. The Labute approximate surface area is 181 Å². The Morgan fingerprint density at radius 1 is 1.27 bits per heavy atom. The van der Waals surface area contributed by atoms with Crippen LogP contribution in [0.2, 0.25) is 5.02 Å². The summed E-state index contributed by atoms with van der Waals surface area (Å²) in [7, 11) is -3.80. The topological polar surface area (TPSA) is 124 Å². The Bertz CT molecular complexity index is 1290. The molecule has 0 spiro atoms. The summed E-state index contributed by atoms with van der Waals surface area (Å²) in [6, 6.07) is 10.3. The minimum absolute atomic E-state index is 0.0143. The molecule has 0 atom stereocenters. The lowest BCUT2D eigenvalue weighted by Gasteiger charge is -2.12. The van der Waals surface area contributed by atoms with E-state index in [1.165, 1.54) is 28.8 Å². The van der Waals surface area contributed by atoms with Crippen LogP contribution in [0.25, 0.3) is 10.9 Å². The summed E-state index contributed by atoms with van der Waals surface area (Å²) in [6.45, 7) is 3.89. The maximum absolute atomic E-state index is 12.8. The third-order valence-electron chi connectivity index (χ3n) is 3.99. The van der Waals surface area contributed by atoms with Crippen LogP contribution in [0.5, 0.6) is 0 Å². The zero-order chi connectivity index (χ0) is 21.9. The van der Waals surface area contributed by atoms with E-state index in [2.05, 4.69) is 16.9 Å². The molecule has 8 nitrogen and oxygen atoms in total. The number of nitrogens with one attached hydrogen (secondary N) is 1. The van der Waals surface area contributed by atoms with Crippen molar-refractivity contribution in [3.05, 3.63) is 70.5 Å². The van der Waals surface area contributed by atoms with Gasteiger partial charge in [0.1, 0.15) is 0 Å². The van der Waals surface area contributed by atoms with Crippen LogP contribution in [0.4, 0.5) is 5.69 Å². The molecule has 156 valence electrons. The highest BCUT2D eigenvalue weighted by molar-refractivity contribution is 7.99. The van der Waals surface area contributed by atoms with Gasteiger partial charge in [0.25, 0.3) is 5.56 Å². The second-order valence-corrected chi connectivity index (χ2v) is 9.11. The number of anilines is 1. The van der Waals surface area contributed by atoms with Crippen molar-refractivity contribution >= 4 is 55.9 Å². The first kappa shape index (κ1) is 22.0. The molecule has 3 N–H and O–H groups in total.